The third-order valence-electron chi connectivity index (χ3n) is 5.82. The standard InChI is InChI=1S/C29H32O12/c1-12-24(36-9)20(28(40-18(7)34)22(14(3)30)26(12)38-16(5)32)11-21-25(37-10)13(2)27(39-17(6)33)23(15(4)31)29(21)41-19(8)35/h11H2,1-10H3. The second kappa shape index (κ2) is 13.1. The first kappa shape index (κ1) is 32.5. The lowest BCUT2D eigenvalue weighted by Crippen LogP contribution is -2.17. The monoisotopic (exact) mass is 572 g/mol. The summed E-state index contributed by atoms with van der Waals surface area (Å²) in [4.78, 5) is 74.0. The predicted molar refractivity (Wildman–Crippen MR) is 144 cm³/mol. The topological polar surface area (TPSA) is 158 Å². The zero-order valence-electron chi connectivity index (χ0n) is 24.6. The number of carbonyl (C=O) groups is 6. The second-order valence-electron chi connectivity index (χ2n) is 9.00. The minimum Gasteiger partial charge on any atom is -0.496 e. The van der Waals surface area contributed by atoms with E-state index in [2.05, 4.69) is 0 Å². The molecular formula is C29H32O12. The number of benzene rings is 2. The van der Waals surface area contributed by atoms with Crippen molar-refractivity contribution in [3.05, 3.63) is 33.4 Å². The van der Waals surface area contributed by atoms with Gasteiger partial charge in [-0.25, -0.2) is 0 Å². The maximum atomic E-state index is 12.9. The van der Waals surface area contributed by atoms with Gasteiger partial charge < -0.3 is 28.4 Å². The first-order valence-corrected chi connectivity index (χ1v) is 12.3. The molecule has 0 spiro atoms. The lowest BCUT2D eigenvalue weighted by Gasteiger charge is -2.25. The Bertz CT molecular complexity index is 1360. The van der Waals surface area contributed by atoms with Gasteiger partial charge in [-0.2, -0.15) is 0 Å². The van der Waals surface area contributed by atoms with E-state index in [0.29, 0.717) is 0 Å². The number of hydrogen-bond acceptors (Lipinski definition) is 12. The summed E-state index contributed by atoms with van der Waals surface area (Å²) in [5, 5.41) is 0. The van der Waals surface area contributed by atoms with Gasteiger partial charge in [0.25, 0.3) is 0 Å². The molecule has 0 aliphatic carbocycles. The van der Waals surface area contributed by atoms with Gasteiger partial charge in [-0.1, -0.05) is 0 Å². The minimum atomic E-state index is -0.800. The van der Waals surface area contributed by atoms with E-state index in [1.165, 1.54) is 41.9 Å². The fraction of sp³-hybridized carbons (Fsp3) is 0.379. The molecule has 0 aliphatic rings. The lowest BCUT2D eigenvalue weighted by molar-refractivity contribution is -0.133. The van der Waals surface area contributed by atoms with Crippen molar-refractivity contribution in [2.75, 3.05) is 14.2 Å². The highest BCUT2D eigenvalue weighted by atomic mass is 16.6. The number of ketones is 2. The third-order valence-corrected chi connectivity index (χ3v) is 5.82. The van der Waals surface area contributed by atoms with Crippen LogP contribution < -0.4 is 28.4 Å². The maximum Gasteiger partial charge on any atom is 0.308 e. The van der Waals surface area contributed by atoms with Gasteiger partial charge in [0.05, 0.1) is 14.2 Å². The maximum absolute atomic E-state index is 12.9. The Labute approximate surface area is 236 Å². The van der Waals surface area contributed by atoms with Crippen LogP contribution in [0.2, 0.25) is 0 Å². The van der Waals surface area contributed by atoms with Crippen LogP contribution in [0.15, 0.2) is 0 Å². The van der Waals surface area contributed by atoms with Crippen LogP contribution in [0.25, 0.3) is 0 Å². The van der Waals surface area contributed by atoms with Crippen molar-refractivity contribution in [2.24, 2.45) is 0 Å². The van der Waals surface area contributed by atoms with Crippen LogP contribution in [0.4, 0.5) is 0 Å². The smallest absolute Gasteiger partial charge is 0.308 e. The molecule has 0 heterocycles. The molecule has 2 rings (SSSR count). The molecule has 12 heteroatoms. The molecule has 0 aliphatic heterocycles. The van der Waals surface area contributed by atoms with Gasteiger partial charge in [0.15, 0.2) is 34.6 Å². The summed E-state index contributed by atoms with van der Waals surface area (Å²) in [6, 6.07) is 0. The molecule has 12 nitrogen and oxygen atoms in total. The van der Waals surface area contributed by atoms with E-state index in [4.69, 9.17) is 28.4 Å². The van der Waals surface area contributed by atoms with Gasteiger partial charge in [-0.15, -0.1) is 0 Å². The summed E-state index contributed by atoms with van der Waals surface area (Å²) >= 11 is 0. The van der Waals surface area contributed by atoms with Crippen molar-refractivity contribution in [1.82, 2.24) is 0 Å². The molecule has 0 fully saturated rings. The van der Waals surface area contributed by atoms with Gasteiger partial charge in [0.1, 0.15) is 22.6 Å². The Kier molecular flexibility index (Phi) is 10.4. The molecule has 0 atom stereocenters. The van der Waals surface area contributed by atoms with Crippen molar-refractivity contribution in [3.63, 3.8) is 0 Å². The highest BCUT2D eigenvalue weighted by molar-refractivity contribution is 6.04. The zero-order chi connectivity index (χ0) is 31.3. The summed E-state index contributed by atoms with van der Waals surface area (Å²) < 4.78 is 32.9. The Morgan fingerprint density at radius 2 is 0.732 bits per heavy atom. The molecule has 0 N–H and O–H groups in total. The number of carbonyl (C=O) groups excluding carboxylic acids is 6. The van der Waals surface area contributed by atoms with Crippen molar-refractivity contribution < 1.29 is 57.2 Å². The zero-order valence-corrected chi connectivity index (χ0v) is 24.6. The van der Waals surface area contributed by atoms with Crippen LogP contribution in [0.1, 0.15) is 84.5 Å². The first-order chi connectivity index (χ1) is 19.1. The molecule has 220 valence electrons. The molecule has 0 aromatic heterocycles. The SMILES string of the molecule is COc1c(C)c(OC(C)=O)c(C(C)=O)c(OC(C)=O)c1Cc1c(OC)c(C)c(OC(C)=O)c(C(C)=O)c1OC(C)=O. The van der Waals surface area contributed by atoms with Crippen LogP contribution >= 0.6 is 0 Å². The minimum absolute atomic E-state index is 0.0735. The molecule has 0 amide bonds. The summed E-state index contributed by atoms with van der Waals surface area (Å²) in [7, 11) is 2.63. The van der Waals surface area contributed by atoms with E-state index in [1.54, 1.807) is 0 Å². The van der Waals surface area contributed by atoms with Gasteiger partial charge in [0, 0.05) is 56.4 Å². The van der Waals surface area contributed by atoms with Gasteiger partial charge in [-0.3, -0.25) is 28.8 Å². The average molecular weight is 573 g/mol. The molecule has 0 saturated heterocycles. The van der Waals surface area contributed by atoms with Crippen molar-refractivity contribution >= 4 is 35.4 Å². The fourth-order valence-electron chi connectivity index (χ4n) is 4.49. The molecular weight excluding hydrogens is 540 g/mol. The summed E-state index contributed by atoms with van der Waals surface area (Å²) in [5.74, 6) is -4.99. The molecule has 41 heavy (non-hydrogen) atoms. The normalized spacial score (nSPS) is 10.4. The molecule has 0 saturated carbocycles. The summed E-state index contributed by atoms with van der Waals surface area (Å²) in [5.41, 5.74) is 0.261. The Hall–Kier alpha value is -4.74. The lowest BCUT2D eigenvalue weighted by atomic mass is 9.90. The Balaban J connectivity index is 3.21. The highest BCUT2D eigenvalue weighted by Crippen LogP contribution is 2.49. The van der Waals surface area contributed by atoms with Gasteiger partial charge in [0.2, 0.25) is 0 Å². The summed E-state index contributed by atoms with van der Waals surface area (Å²) in [6.07, 6.45) is -0.291. The molecule has 0 radical (unpaired) electrons. The quantitative estimate of drug-likeness (QED) is 0.229. The third kappa shape index (κ3) is 6.89. The van der Waals surface area contributed by atoms with Crippen LogP contribution in [0, 0.1) is 13.8 Å². The van der Waals surface area contributed by atoms with Crippen molar-refractivity contribution in [1.29, 1.82) is 0 Å². The molecule has 2 aromatic rings. The molecule has 0 bridgehead atoms. The van der Waals surface area contributed by atoms with Gasteiger partial charge in [-0.05, 0) is 27.7 Å². The summed E-state index contributed by atoms with van der Waals surface area (Å²) in [6.45, 7) is 9.97. The van der Waals surface area contributed by atoms with E-state index in [9.17, 15) is 28.8 Å². The Morgan fingerprint density at radius 3 is 0.951 bits per heavy atom. The van der Waals surface area contributed by atoms with Crippen molar-refractivity contribution in [2.45, 2.75) is 61.8 Å². The number of hydrogen-bond donors (Lipinski definition) is 0. The van der Waals surface area contributed by atoms with E-state index in [-0.39, 0.29) is 74.3 Å². The van der Waals surface area contributed by atoms with E-state index in [1.807, 2.05) is 0 Å². The van der Waals surface area contributed by atoms with E-state index in [0.717, 1.165) is 27.7 Å². The number of ether oxygens (including phenoxy) is 6. The van der Waals surface area contributed by atoms with Crippen LogP contribution in [0.3, 0.4) is 0 Å². The number of Topliss-reactive ketones (excluding diaryl/α,β-unsaturated/α-hetero) is 2. The average Bonchev–Trinajstić information content (AvgIpc) is 2.83. The van der Waals surface area contributed by atoms with Crippen LogP contribution in [-0.4, -0.2) is 49.7 Å². The number of rotatable bonds is 10. The predicted octanol–water partition coefficient (Wildman–Crippen LogP) is 4.02. The number of methoxy groups -OCH3 is 2. The second-order valence-corrected chi connectivity index (χ2v) is 9.00. The van der Waals surface area contributed by atoms with Crippen LogP contribution in [-0.2, 0) is 25.6 Å². The van der Waals surface area contributed by atoms with E-state index >= 15 is 0 Å². The fourth-order valence-corrected chi connectivity index (χ4v) is 4.49. The van der Waals surface area contributed by atoms with Crippen LogP contribution in [0.5, 0.6) is 34.5 Å². The van der Waals surface area contributed by atoms with Crippen molar-refractivity contribution in [3.8, 4) is 34.5 Å². The molecule has 0 unspecified atom stereocenters. The number of esters is 4. The molecule has 2 aromatic carbocycles. The van der Waals surface area contributed by atoms with E-state index < -0.39 is 35.4 Å². The van der Waals surface area contributed by atoms with Gasteiger partial charge >= 0.3 is 23.9 Å². The Morgan fingerprint density at radius 1 is 0.463 bits per heavy atom. The first-order valence-electron chi connectivity index (χ1n) is 12.3. The largest absolute Gasteiger partial charge is 0.496 e. The highest BCUT2D eigenvalue weighted by Gasteiger charge is 2.34.